The highest BCUT2D eigenvalue weighted by Gasteiger charge is 2.25. The molecule has 0 aliphatic carbocycles. The van der Waals surface area contributed by atoms with E-state index in [1.54, 1.807) is 28.6 Å². The second kappa shape index (κ2) is 10.3. The van der Waals surface area contributed by atoms with Crippen molar-refractivity contribution >= 4 is 21.6 Å². The van der Waals surface area contributed by atoms with Crippen LogP contribution in [0.1, 0.15) is 50.2 Å². The number of carbonyl (C=O) groups excluding carboxylic acids is 1. The summed E-state index contributed by atoms with van der Waals surface area (Å²) >= 11 is 0. The van der Waals surface area contributed by atoms with E-state index in [2.05, 4.69) is 5.32 Å². The molecule has 0 aromatic heterocycles. The lowest BCUT2D eigenvalue weighted by atomic mass is 10.1. The van der Waals surface area contributed by atoms with Crippen LogP contribution in [0.25, 0.3) is 0 Å². The Kier molecular flexibility index (Phi) is 7.73. The van der Waals surface area contributed by atoms with Gasteiger partial charge in [-0.1, -0.05) is 25.8 Å². The number of aryl methyl sites for hydroxylation is 2. The quantitative estimate of drug-likeness (QED) is 0.674. The maximum Gasteiger partial charge on any atom is 0.265 e. The van der Waals surface area contributed by atoms with Crippen molar-refractivity contribution in [1.29, 1.82) is 0 Å². The summed E-state index contributed by atoms with van der Waals surface area (Å²) in [6.45, 7) is 7.05. The highest BCUT2D eigenvalue weighted by molar-refractivity contribution is 7.89. The number of anilines is 1. The summed E-state index contributed by atoms with van der Waals surface area (Å²) in [5.41, 5.74) is 2.82. The van der Waals surface area contributed by atoms with E-state index in [1.165, 1.54) is 5.56 Å². The molecule has 6 nitrogen and oxygen atoms in total. The molecule has 1 aliphatic heterocycles. The average Bonchev–Trinajstić information content (AvgIpc) is 3.05. The molecule has 2 aromatic carbocycles. The van der Waals surface area contributed by atoms with Crippen LogP contribution in [0.4, 0.5) is 5.69 Å². The molecule has 3 rings (SSSR count). The summed E-state index contributed by atoms with van der Waals surface area (Å²) in [6, 6.07) is 12.1. The van der Waals surface area contributed by atoms with Crippen LogP contribution < -0.4 is 10.1 Å². The summed E-state index contributed by atoms with van der Waals surface area (Å²) < 4.78 is 33.3. The predicted octanol–water partition coefficient (Wildman–Crippen LogP) is 4.66. The fraction of sp³-hybridized carbons (Fsp3) is 0.458. The summed E-state index contributed by atoms with van der Waals surface area (Å²) in [5, 5.41) is 2.84. The molecular formula is C24H32N2O4S. The third kappa shape index (κ3) is 5.86. The van der Waals surface area contributed by atoms with Gasteiger partial charge in [-0.3, -0.25) is 4.79 Å². The molecule has 1 aliphatic rings. The molecule has 0 saturated carbocycles. The monoisotopic (exact) mass is 444 g/mol. The first-order chi connectivity index (χ1) is 14.8. The lowest BCUT2D eigenvalue weighted by molar-refractivity contribution is -0.122. The van der Waals surface area contributed by atoms with E-state index in [4.69, 9.17) is 4.74 Å². The van der Waals surface area contributed by atoms with E-state index in [0.29, 0.717) is 30.9 Å². The van der Waals surface area contributed by atoms with Crippen molar-refractivity contribution in [2.45, 2.75) is 63.9 Å². The molecule has 7 heteroatoms. The Bertz CT molecular complexity index is 995. The number of nitrogens with zero attached hydrogens (tertiary/aromatic N) is 1. The molecule has 1 fully saturated rings. The third-order valence-corrected chi connectivity index (χ3v) is 7.66. The standard InChI is InChI=1S/C24H32N2O4S/c1-4-23(30-21-12-9-18(2)19(3)17-21)24(27)25-20-10-13-22(14-11-20)31(28,29)26-15-7-5-6-8-16-26/h9-14,17,23H,4-8,15-16H2,1-3H3,(H,25,27)/t23-/m1/s1. The molecule has 168 valence electrons. The number of hydrogen-bond acceptors (Lipinski definition) is 4. The van der Waals surface area contributed by atoms with E-state index in [1.807, 2.05) is 39.0 Å². The number of sulfonamides is 1. The molecule has 0 radical (unpaired) electrons. The fourth-order valence-corrected chi connectivity index (χ4v) is 5.15. The highest BCUT2D eigenvalue weighted by Crippen LogP contribution is 2.23. The van der Waals surface area contributed by atoms with Gasteiger partial charge in [-0.25, -0.2) is 8.42 Å². The topological polar surface area (TPSA) is 75.7 Å². The molecule has 2 aromatic rings. The Balaban J connectivity index is 1.66. The van der Waals surface area contributed by atoms with Crippen molar-refractivity contribution in [1.82, 2.24) is 4.31 Å². The fourth-order valence-electron chi connectivity index (χ4n) is 3.64. The Morgan fingerprint density at radius 2 is 1.65 bits per heavy atom. The minimum Gasteiger partial charge on any atom is -0.481 e. The van der Waals surface area contributed by atoms with Gasteiger partial charge in [-0.05, 0) is 80.6 Å². The largest absolute Gasteiger partial charge is 0.481 e. The Morgan fingerprint density at radius 1 is 1.00 bits per heavy atom. The first kappa shape index (κ1) is 23.3. The molecule has 1 N–H and O–H groups in total. The highest BCUT2D eigenvalue weighted by atomic mass is 32.2. The zero-order chi connectivity index (χ0) is 22.4. The Hall–Kier alpha value is -2.38. The number of hydrogen-bond donors (Lipinski definition) is 1. The zero-order valence-electron chi connectivity index (χ0n) is 18.6. The van der Waals surface area contributed by atoms with E-state index in [9.17, 15) is 13.2 Å². The molecule has 31 heavy (non-hydrogen) atoms. The maximum absolute atomic E-state index is 12.9. The average molecular weight is 445 g/mol. The molecule has 1 amide bonds. The van der Waals surface area contributed by atoms with Crippen molar-refractivity contribution < 1.29 is 17.9 Å². The van der Waals surface area contributed by atoms with E-state index < -0.39 is 16.1 Å². The first-order valence-electron chi connectivity index (χ1n) is 11.0. The van der Waals surface area contributed by atoms with Gasteiger partial charge in [-0.2, -0.15) is 4.31 Å². The summed E-state index contributed by atoms with van der Waals surface area (Å²) in [4.78, 5) is 13.0. The normalized spacial score (nSPS) is 16.4. The van der Waals surface area contributed by atoms with Crippen molar-refractivity contribution in [3.05, 3.63) is 53.6 Å². The van der Waals surface area contributed by atoms with Gasteiger partial charge in [0, 0.05) is 18.8 Å². The molecule has 1 heterocycles. The van der Waals surface area contributed by atoms with Gasteiger partial charge in [0.25, 0.3) is 5.91 Å². The maximum atomic E-state index is 12.9. The van der Waals surface area contributed by atoms with Gasteiger partial charge in [-0.15, -0.1) is 0 Å². The second-order valence-electron chi connectivity index (χ2n) is 8.09. The third-order valence-electron chi connectivity index (χ3n) is 5.74. The van der Waals surface area contributed by atoms with Crippen molar-refractivity contribution in [3.63, 3.8) is 0 Å². The Morgan fingerprint density at radius 3 is 2.23 bits per heavy atom. The number of benzene rings is 2. The minimum atomic E-state index is -3.50. The van der Waals surface area contributed by atoms with Crippen molar-refractivity contribution in [2.24, 2.45) is 0 Å². The van der Waals surface area contributed by atoms with Crippen LogP contribution in [0.5, 0.6) is 5.75 Å². The zero-order valence-corrected chi connectivity index (χ0v) is 19.4. The molecule has 0 spiro atoms. The predicted molar refractivity (Wildman–Crippen MR) is 123 cm³/mol. The number of amides is 1. The van der Waals surface area contributed by atoms with Crippen LogP contribution in [0.3, 0.4) is 0 Å². The lowest BCUT2D eigenvalue weighted by Gasteiger charge is -2.20. The first-order valence-corrected chi connectivity index (χ1v) is 12.4. The number of carbonyl (C=O) groups is 1. The van der Waals surface area contributed by atoms with Gasteiger partial charge < -0.3 is 10.1 Å². The Labute approximate surface area is 185 Å². The molecule has 0 unspecified atom stereocenters. The van der Waals surface area contributed by atoms with Crippen LogP contribution in [0.2, 0.25) is 0 Å². The molecule has 1 atom stereocenters. The van der Waals surface area contributed by atoms with Crippen LogP contribution in [-0.4, -0.2) is 37.8 Å². The number of ether oxygens (including phenoxy) is 1. The number of rotatable bonds is 7. The number of nitrogens with one attached hydrogen (secondary N) is 1. The molecule has 1 saturated heterocycles. The van der Waals surface area contributed by atoms with Gasteiger partial charge in [0.15, 0.2) is 6.10 Å². The van der Waals surface area contributed by atoms with E-state index >= 15 is 0 Å². The minimum absolute atomic E-state index is 0.255. The van der Waals surface area contributed by atoms with Gasteiger partial charge in [0.05, 0.1) is 4.90 Å². The summed E-state index contributed by atoms with van der Waals surface area (Å²) in [6.07, 6.45) is 3.81. The molecular weight excluding hydrogens is 412 g/mol. The van der Waals surface area contributed by atoms with Gasteiger partial charge >= 0.3 is 0 Å². The van der Waals surface area contributed by atoms with Crippen LogP contribution in [-0.2, 0) is 14.8 Å². The van der Waals surface area contributed by atoms with Crippen LogP contribution in [0, 0.1) is 13.8 Å². The van der Waals surface area contributed by atoms with Crippen molar-refractivity contribution in [2.75, 3.05) is 18.4 Å². The molecule has 0 bridgehead atoms. The van der Waals surface area contributed by atoms with Crippen LogP contribution in [0.15, 0.2) is 47.4 Å². The smallest absolute Gasteiger partial charge is 0.265 e. The SMILES string of the molecule is CC[C@@H](Oc1ccc(C)c(C)c1)C(=O)Nc1ccc(S(=O)(=O)N2CCCCCC2)cc1. The van der Waals surface area contributed by atoms with E-state index in [0.717, 1.165) is 31.2 Å². The van der Waals surface area contributed by atoms with E-state index in [-0.39, 0.29) is 10.8 Å². The van der Waals surface area contributed by atoms with Gasteiger partial charge in [0.1, 0.15) is 5.75 Å². The van der Waals surface area contributed by atoms with Crippen LogP contribution >= 0.6 is 0 Å². The van der Waals surface area contributed by atoms with Crippen molar-refractivity contribution in [3.8, 4) is 5.75 Å². The second-order valence-corrected chi connectivity index (χ2v) is 10.0. The lowest BCUT2D eigenvalue weighted by Crippen LogP contribution is -2.33. The van der Waals surface area contributed by atoms with Gasteiger partial charge in [0.2, 0.25) is 10.0 Å². The summed E-state index contributed by atoms with van der Waals surface area (Å²) in [7, 11) is -3.50. The summed E-state index contributed by atoms with van der Waals surface area (Å²) in [5.74, 6) is 0.396.